The molecule has 0 aromatic carbocycles. The molecule has 0 spiro atoms. The van der Waals surface area contributed by atoms with Crippen molar-refractivity contribution in [1.29, 1.82) is 0 Å². The standard InChI is InChI=1S/C13H23N5O3/c1-3-17-13(12(18(19)20)10(2)16-17)15-8-9-21-11-4-6-14-7-5-11/h11,14-15H,3-9H2,1-2H3. The highest BCUT2D eigenvalue weighted by Gasteiger charge is 2.24. The van der Waals surface area contributed by atoms with Crippen molar-refractivity contribution >= 4 is 11.5 Å². The van der Waals surface area contributed by atoms with Crippen molar-refractivity contribution in [3.05, 3.63) is 15.8 Å². The first kappa shape index (κ1) is 15.7. The van der Waals surface area contributed by atoms with Crippen LogP contribution in [0.15, 0.2) is 0 Å². The Hall–Kier alpha value is -1.67. The van der Waals surface area contributed by atoms with Gasteiger partial charge in [-0.25, -0.2) is 4.68 Å². The fraction of sp³-hybridized carbons (Fsp3) is 0.769. The van der Waals surface area contributed by atoms with E-state index in [-0.39, 0.29) is 10.6 Å². The summed E-state index contributed by atoms with van der Waals surface area (Å²) in [5.41, 5.74) is 0.488. The molecule has 0 unspecified atom stereocenters. The number of hydrogen-bond donors (Lipinski definition) is 2. The van der Waals surface area contributed by atoms with E-state index in [1.165, 1.54) is 0 Å². The smallest absolute Gasteiger partial charge is 0.333 e. The molecule has 118 valence electrons. The molecule has 2 rings (SSSR count). The number of ether oxygens (including phenoxy) is 1. The number of aryl methyl sites for hydroxylation is 2. The first-order valence-corrected chi connectivity index (χ1v) is 7.41. The maximum absolute atomic E-state index is 11.1. The number of hydrogen-bond acceptors (Lipinski definition) is 6. The number of piperidine rings is 1. The van der Waals surface area contributed by atoms with Crippen LogP contribution in [0, 0.1) is 17.0 Å². The highest BCUT2D eigenvalue weighted by molar-refractivity contribution is 5.59. The zero-order valence-corrected chi connectivity index (χ0v) is 12.6. The molecule has 1 aliphatic rings. The van der Waals surface area contributed by atoms with Crippen LogP contribution in [-0.2, 0) is 11.3 Å². The second-order valence-corrected chi connectivity index (χ2v) is 5.10. The first-order valence-electron chi connectivity index (χ1n) is 7.41. The molecule has 1 aromatic heterocycles. The Balaban J connectivity index is 1.88. The van der Waals surface area contributed by atoms with E-state index in [9.17, 15) is 10.1 Å². The molecule has 1 aliphatic heterocycles. The zero-order chi connectivity index (χ0) is 15.2. The summed E-state index contributed by atoms with van der Waals surface area (Å²) < 4.78 is 7.41. The molecule has 8 nitrogen and oxygen atoms in total. The fourth-order valence-electron chi connectivity index (χ4n) is 2.55. The minimum atomic E-state index is -0.384. The monoisotopic (exact) mass is 297 g/mol. The van der Waals surface area contributed by atoms with Crippen LogP contribution in [0.3, 0.4) is 0 Å². The molecule has 0 aliphatic carbocycles. The maximum atomic E-state index is 11.1. The summed E-state index contributed by atoms with van der Waals surface area (Å²) in [4.78, 5) is 10.7. The summed E-state index contributed by atoms with van der Waals surface area (Å²) >= 11 is 0. The Bertz CT molecular complexity index is 482. The third-order valence-electron chi connectivity index (χ3n) is 3.61. The lowest BCUT2D eigenvalue weighted by Gasteiger charge is -2.23. The number of nitrogens with one attached hydrogen (secondary N) is 2. The normalized spacial score (nSPS) is 16.1. The van der Waals surface area contributed by atoms with E-state index < -0.39 is 0 Å². The number of nitro groups is 1. The molecular formula is C13H23N5O3. The summed E-state index contributed by atoms with van der Waals surface area (Å²) in [6.07, 6.45) is 2.33. The lowest BCUT2D eigenvalue weighted by molar-refractivity contribution is -0.384. The van der Waals surface area contributed by atoms with Crippen LogP contribution in [0.5, 0.6) is 0 Å². The maximum Gasteiger partial charge on any atom is 0.333 e. The molecule has 2 heterocycles. The van der Waals surface area contributed by atoms with Crippen molar-refractivity contribution in [2.45, 2.75) is 39.3 Å². The largest absolute Gasteiger partial charge is 0.376 e. The molecule has 1 fully saturated rings. The van der Waals surface area contributed by atoms with Crippen molar-refractivity contribution in [2.75, 3.05) is 31.6 Å². The van der Waals surface area contributed by atoms with Gasteiger partial charge in [-0.1, -0.05) is 0 Å². The molecule has 2 N–H and O–H groups in total. The molecule has 1 saturated heterocycles. The lowest BCUT2D eigenvalue weighted by Crippen LogP contribution is -2.33. The minimum Gasteiger partial charge on any atom is -0.376 e. The van der Waals surface area contributed by atoms with Gasteiger partial charge in [0.1, 0.15) is 5.69 Å². The molecule has 0 amide bonds. The molecular weight excluding hydrogens is 274 g/mol. The summed E-state index contributed by atoms with van der Waals surface area (Å²) in [7, 11) is 0. The third kappa shape index (κ3) is 3.92. The van der Waals surface area contributed by atoms with Crippen molar-refractivity contribution in [1.82, 2.24) is 15.1 Å². The van der Waals surface area contributed by atoms with Crippen LogP contribution in [0.2, 0.25) is 0 Å². The Morgan fingerprint density at radius 2 is 2.24 bits per heavy atom. The van der Waals surface area contributed by atoms with Crippen molar-refractivity contribution in [2.24, 2.45) is 0 Å². The van der Waals surface area contributed by atoms with E-state index >= 15 is 0 Å². The van der Waals surface area contributed by atoms with Crippen LogP contribution >= 0.6 is 0 Å². The van der Waals surface area contributed by atoms with E-state index in [0.717, 1.165) is 25.9 Å². The zero-order valence-electron chi connectivity index (χ0n) is 12.6. The highest BCUT2D eigenvalue weighted by Crippen LogP contribution is 2.27. The van der Waals surface area contributed by atoms with E-state index in [4.69, 9.17) is 4.74 Å². The van der Waals surface area contributed by atoms with Gasteiger partial charge in [0.05, 0.1) is 17.6 Å². The van der Waals surface area contributed by atoms with Gasteiger partial charge in [-0.05, 0) is 39.8 Å². The Morgan fingerprint density at radius 3 is 2.86 bits per heavy atom. The van der Waals surface area contributed by atoms with Crippen molar-refractivity contribution in [3.8, 4) is 0 Å². The van der Waals surface area contributed by atoms with Gasteiger partial charge in [0.15, 0.2) is 0 Å². The number of anilines is 1. The number of nitrogens with zero attached hydrogens (tertiary/aromatic N) is 3. The van der Waals surface area contributed by atoms with E-state index in [1.54, 1.807) is 11.6 Å². The Morgan fingerprint density at radius 1 is 1.52 bits per heavy atom. The van der Waals surface area contributed by atoms with E-state index in [1.807, 2.05) is 6.92 Å². The summed E-state index contributed by atoms with van der Waals surface area (Å²) in [5, 5.41) is 21.7. The molecule has 1 aromatic rings. The van der Waals surface area contributed by atoms with Gasteiger partial charge in [0.25, 0.3) is 0 Å². The molecule has 0 radical (unpaired) electrons. The van der Waals surface area contributed by atoms with Crippen LogP contribution in [0.4, 0.5) is 11.5 Å². The lowest BCUT2D eigenvalue weighted by atomic mass is 10.1. The second kappa shape index (κ2) is 7.37. The van der Waals surface area contributed by atoms with Gasteiger partial charge < -0.3 is 15.4 Å². The average molecular weight is 297 g/mol. The van der Waals surface area contributed by atoms with Gasteiger partial charge in [0, 0.05) is 13.1 Å². The van der Waals surface area contributed by atoms with Gasteiger partial charge in [-0.3, -0.25) is 10.1 Å². The quantitative estimate of drug-likeness (QED) is 0.447. The minimum absolute atomic E-state index is 0.0544. The van der Waals surface area contributed by atoms with Gasteiger partial charge in [-0.2, -0.15) is 5.10 Å². The predicted octanol–water partition coefficient (Wildman–Crippen LogP) is 1.30. The summed E-state index contributed by atoms with van der Waals surface area (Å²) in [6, 6.07) is 0. The van der Waals surface area contributed by atoms with Crippen LogP contribution in [-0.4, -0.2) is 47.0 Å². The Labute approximate surface area is 124 Å². The molecule has 0 atom stereocenters. The third-order valence-corrected chi connectivity index (χ3v) is 3.61. The Kier molecular flexibility index (Phi) is 5.51. The van der Waals surface area contributed by atoms with Crippen LogP contribution in [0.25, 0.3) is 0 Å². The number of aromatic nitrogens is 2. The van der Waals surface area contributed by atoms with Crippen LogP contribution in [0.1, 0.15) is 25.5 Å². The molecule has 8 heteroatoms. The van der Waals surface area contributed by atoms with Crippen LogP contribution < -0.4 is 10.6 Å². The van der Waals surface area contributed by atoms with Gasteiger partial charge >= 0.3 is 5.69 Å². The topological polar surface area (TPSA) is 94.2 Å². The predicted molar refractivity (Wildman–Crippen MR) is 79.6 cm³/mol. The first-order chi connectivity index (χ1) is 10.1. The highest BCUT2D eigenvalue weighted by atomic mass is 16.6. The van der Waals surface area contributed by atoms with Crippen molar-refractivity contribution in [3.63, 3.8) is 0 Å². The van der Waals surface area contributed by atoms with Crippen molar-refractivity contribution < 1.29 is 9.66 Å². The SMILES string of the molecule is CCn1nc(C)c([N+](=O)[O-])c1NCCOC1CCNCC1. The van der Waals surface area contributed by atoms with E-state index in [2.05, 4.69) is 15.7 Å². The summed E-state index contributed by atoms with van der Waals surface area (Å²) in [5.74, 6) is 0.467. The van der Waals surface area contributed by atoms with Gasteiger partial charge in [-0.15, -0.1) is 0 Å². The molecule has 21 heavy (non-hydrogen) atoms. The second-order valence-electron chi connectivity index (χ2n) is 5.10. The molecule has 0 bridgehead atoms. The number of rotatable bonds is 7. The molecule has 0 saturated carbocycles. The van der Waals surface area contributed by atoms with Gasteiger partial charge in [0.2, 0.25) is 5.82 Å². The fourth-order valence-corrected chi connectivity index (χ4v) is 2.55. The van der Waals surface area contributed by atoms with E-state index in [0.29, 0.717) is 37.3 Å². The average Bonchev–Trinajstić information content (AvgIpc) is 2.80. The summed E-state index contributed by atoms with van der Waals surface area (Å²) in [6.45, 7) is 7.21.